The van der Waals surface area contributed by atoms with Crippen molar-refractivity contribution in [3.05, 3.63) is 35.4 Å². The smallest absolute Gasteiger partial charge is 0.307 e. The molecule has 1 aromatic rings. The molecule has 0 bridgehead atoms. The lowest BCUT2D eigenvalue weighted by Crippen LogP contribution is -2.26. The van der Waals surface area contributed by atoms with Gasteiger partial charge in [-0.15, -0.1) is 0 Å². The van der Waals surface area contributed by atoms with Crippen molar-refractivity contribution in [2.45, 2.75) is 32.6 Å². The molecule has 0 aliphatic carbocycles. The zero-order chi connectivity index (χ0) is 16.5. The van der Waals surface area contributed by atoms with Crippen LogP contribution in [0, 0.1) is 5.92 Å². The number of esters is 1. The van der Waals surface area contributed by atoms with Crippen LogP contribution in [-0.2, 0) is 9.53 Å². The molecule has 22 heavy (non-hydrogen) atoms. The Balaban J connectivity index is 2.59. The highest BCUT2D eigenvalue weighted by atomic mass is 16.5. The van der Waals surface area contributed by atoms with Gasteiger partial charge < -0.3 is 15.2 Å². The highest BCUT2D eigenvalue weighted by molar-refractivity contribution is 5.94. The van der Waals surface area contributed by atoms with Crippen LogP contribution in [0.1, 0.15) is 48.5 Å². The fourth-order valence-corrected chi connectivity index (χ4v) is 2.27. The molecule has 1 amide bonds. The molecule has 0 fully saturated rings. The van der Waals surface area contributed by atoms with Crippen molar-refractivity contribution in [1.82, 2.24) is 5.32 Å². The van der Waals surface area contributed by atoms with Crippen LogP contribution in [0.25, 0.3) is 0 Å². The van der Waals surface area contributed by atoms with E-state index in [0.717, 1.165) is 12.0 Å². The topological polar surface area (TPSA) is 75.6 Å². The van der Waals surface area contributed by atoms with Crippen LogP contribution >= 0.6 is 0 Å². The van der Waals surface area contributed by atoms with Crippen molar-refractivity contribution in [1.29, 1.82) is 0 Å². The summed E-state index contributed by atoms with van der Waals surface area (Å²) in [5.74, 6) is 0.0184. The number of methoxy groups -OCH3 is 1. The number of nitrogens with one attached hydrogen (secondary N) is 1. The summed E-state index contributed by atoms with van der Waals surface area (Å²) >= 11 is 0. The van der Waals surface area contributed by atoms with E-state index < -0.39 is 0 Å². The van der Waals surface area contributed by atoms with Crippen LogP contribution in [0.3, 0.4) is 0 Å². The Morgan fingerprint density at radius 3 is 2.36 bits per heavy atom. The predicted octanol–water partition coefficient (Wildman–Crippen LogP) is 2.10. The largest absolute Gasteiger partial charge is 0.469 e. The number of hydrogen-bond donors (Lipinski definition) is 2. The predicted molar refractivity (Wildman–Crippen MR) is 84.7 cm³/mol. The molecule has 1 atom stereocenters. The summed E-state index contributed by atoms with van der Waals surface area (Å²) in [5.41, 5.74) is 1.57. The van der Waals surface area contributed by atoms with Crippen molar-refractivity contribution in [3.8, 4) is 0 Å². The number of aliphatic hydroxyl groups excluding tert-OH is 1. The van der Waals surface area contributed by atoms with Gasteiger partial charge in [-0.1, -0.05) is 26.0 Å². The molecule has 1 rings (SSSR count). The first kappa shape index (κ1) is 18.2. The summed E-state index contributed by atoms with van der Waals surface area (Å²) < 4.78 is 4.51. The maximum absolute atomic E-state index is 11.9. The summed E-state index contributed by atoms with van der Waals surface area (Å²) in [4.78, 5) is 22.9. The van der Waals surface area contributed by atoms with Crippen molar-refractivity contribution in [3.63, 3.8) is 0 Å². The summed E-state index contributed by atoms with van der Waals surface area (Å²) in [6.07, 6.45) is 1.06. The van der Waals surface area contributed by atoms with Crippen molar-refractivity contribution >= 4 is 11.9 Å². The quantitative estimate of drug-likeness (QED) is 0.721. The van der Waals surface area contributed by atoms with E-state index in [0.29, 0.717) is 11.5 Å². The summed E-state index contributed by atoms with van der Waals surface area (Å²) in [7, 11) is 1.32. The van der Waals surface area contributed by atoms with E-state index in [1.54, 1.807) is 12.1 Å². The van der Waals surface area contributed by atoms with Gasteiger partial charge in [-0.3, -0.25) is 9.59 Å². The van der Waals surface area contributed by atoms with Crippen molar-refractivity contribution in [2.24, 2.45) is 5.92 Å². The molecule has 5 heteroatoms. The maximum atomic E-state index is 11.9. The Hall–Kier alpha value is -1.88. The number of aliphatic hydroxyl groups is 1. The lowest BCUT2D eigenvalue weighted by molar-refractivity contribution is -0.140. The van der Waals surface area contributed by atoms with Crippen LogP contribution in [0.15, 0.2) is 24.3 Å². The second kappa shape index (κ2) is 9.20. The van der Waals surface area contributed by atoms with Gasteiger partial charge in [0.25, 0.3) is 5.91 Å². The molecule has 0 aromatic heterocycles. The summed E-state index contributed by atoms with van der Waals surface area (Å²) in [6, 6.07) is 7.23. The molecule has 0 aliphatic rings. The average molecular weight is 307 g/mol. The van der Waals surface area contributed by atoms with Gasteiger partial charge in [-0.2, -0.15) is 0 Å². The van der Waals surface area contributed by atoms with Gasteiger partial charge in [0.1, 0.15) is 0 Å². The number of benzene rings is 1. The molecule has 122 valence electrons. The van der Waals surface area contributed by atoms with Gasteiger partial charge in [0, 0.05) is 24.6 Å². The van der Waals surface area contributed by atoms with Gasteiger partial charge >= 0.3 is 5.97 Å². The number of rotatable bonds is 8. The minimum absolute atomic E-state index is 0.0939. The Bertz CT molecular complexity index is 482. The van der Waals surface area contributed by atoms with E-state index >= 15 is 0 Å². The van der Waals surface area contributed by atoms with Gasteiger partial charge in [0.2, 0.25) is 0 Å². The van der Waals surface area contributed by atoms with E-state index in [1.807, 2.05) is 12.1 Å². The number of ether oxygens (including phenoxy) is 1. The fourth-order valence-electron chi connectivity index (χ4n) is 2.27. The monoisotopic (exact) mass is 307 g/mol. The Kier molecular flexibility index (Phi) is 7.60. The molecule has 0 heterocycles. The van der Waals surface area contributed by atoms with Crippen LogP contribution in [-0.4, -0.2) is 37.2 Å². The van der Waals surface area contributed by atoms with E-state index in [-0.39, 0.29) is 37.4 Å². The third kappa shape index (κ3) is 5.85. The molecule has 0 aliphatic heterocycles. The van der Waals surface area contributed by atoms with E-state index in [1.165, 1.54) is 7.11 Å². The van der Waals surface area contributed by atoms with Crippen LogP contribution in [0.4, 0.5) is 0 Å². The van der Waals surface area contributed by atoms with Crippen LogP contribution in [0.2, 0.25) is 0 Å². The minimum Gasteiger partial charge on any atom is -0.469 e. The number of carbonyl (C=O) groups is 2. The van der Waals surface area contributed by atoms with Gasteiger partial charge in [0.15, 0.2) is 0 Å². The molecule has 1 aromatic carbocycles. The molecular formula is C17H25NO4. The third-order valence-electron chi connectivity index (χ3n) is 3.46. The highest BCUT2D eigenvalue weighted by Crippen LogP contribution is 2.23. The second-order valence-electron chi connectivity index (χ2n) is 5.71. The Morgan fingerprint density at radius 2 is 1.86 bits per heavy atom. The van der Waals surface area contributed by atoms with E-state index in [9.17, 15) is 14.7 Å². The van der Waals surface area contributed by atoms with Crippen LogP contribution in [0.5, 0.6) is 0 Å². The Morgan fingerprint density at radius 1 is 1.23 bits per heavy atom. The second-order valence-corrected chi connectivity index (χ2v) is 5.71. The van der Waals surface area contributed by atoms with Crippen molar-refractivity contribution < 1.29 is 19.4 Å². The minimum atomic E-state index is -0.352. The Labute approximate surface area is 131 Å². The van der Waals surface area contributed by atoms with Crippen LogP contribution < -0.4 is 5.32 Å². The van der Waals surface area contributed by atoms with Gasteiger partial charge in [-0.25, -0.2) is 0 Å². The molecule has 0 saturated heterocycles. The first-order valence-electron chi connectivity index (χ1n) is 7.53. The standard InChI is InChI=1S/C17H25NO4/c1-12(2)10-15(11-19)13-4-6-14(7-5-13)17(21)18-9-8-16(20)22-3/h4-7,12,15,19H,8-11H2,1-3H3,(H,18,21). The summed E-state index contributed by atoms with van der Waals surface area (Å²) in [6.45, 7) is 4.58. The van der Waals surface area contributed by atoms with Gasteiger partial charge in [0.05, 0.1) is 13.5 Å². The SMILES string of the molecule is COC(=O)CCNC(=O)c1ccc(C(CO)CC(C)C)cc1. The van der Waals surface area contributed by atoms with E-state index in [4.69, 9.17) is 0 Å². The molecule has 0 radical (unpaired) electrons. The van der Waals surface area contributed by atoms with Gasteiger partial charge in [-0.05, 0) is 30.0 Å². The highest BCUT2D eigenvalue weighted by Gasteiger charge is 2.13. The lowest BCUT2D eigenvalue weighted by Gasteiger charge is -2.17. The third-order valence-corrected chi connectivity index (χ3v) is 3.46. The maximum Gasteiger partial charge on any atom is 0.307 e. The normalized spacial score (nSPS) is 12.0. The fraction of sp³-hybridized carbons (Fsp3) is 0.529. The number of hydrogen-bond acceptors (Lipinski definition) is 4. The number of carbonyl (C=O) groups excluding carboxylic acids is 2. The molecule has 0 saturated carbocycles. The lowest BCUT2D eigenvalue weighted by atomic mass is 9.90. The number of amides is 1. The summed E-state index contributed by atoms with van der Waals surface area (Å²) in [5, 5.41) is 12.1. The zero-order valence-corrected chi connectivity index (χ0v) is 13.5. The zero-order valence-electron chi connectivity index (χ0n) is 13.5. The first-order chi connectivity index (χ1) is 10.5. The molecular weight excluding hydrogens is 282 g/mol. The molecule has 5 nitrogen and oxygen atoms in total. The average Bonchev–Trinajstić information content (AvgIpc) is 2.52. The molecule has 1 unspecified atom stereocenters. The van der Waals surface area contributed by atoms with E-state index in [2.05, 4.69) is 23.9 Å². The molecule has 0 spiro atoms. The first-order valence-corrected chi connectivity index (χ1v) is 7.53. The van der Waals surface area contributed by atoms with Crippen molar-refractivity contribution in [2.75, 3.05) is 20.3 Å². The molecule has 2 N–H and O–H groups in total.